The lowest BCUT2D eigenvalue weighted by Gasteiger charge is -2.01. The summed E-state index contributed by atoms with van der Waals surface area (Å²) >= 11 is 0. The molecular weight excluding hydrogens is 176 g/mol. The highest BCUT2D eigenvalue weighted by molar-refractivity contribution is 5.83. The zero-order chi connectivity index (χ0) is 9.97. The molecule has 3 heteroatoms. The fraction of sp³-hybridized carbons (Fsp3) is 0.364. The number of benzene rings is 1. The summed E-state index contributed by atoms with van der Waals surface area (Å²) in [5.41, 5.74) is 6.86. The predicted octanol–water partition coefficient (Wildman–Crippen LogP) is 1.45. The van der Waals surface area contributed by atoms with Crippen molar-refractivity contribution >= 4 is 5.84 Å². The van der Waals surface area contributed by atoms with Gasteiger partial charge in [-0.3, -0.25) is 4.99 Å². The summed E-state index contributed by atoms with van der Waals surface area (Å²) in [6.45, 7) is 0. The molecule has 2 rings (SSSR count). The summed E-state index contributed by atoms with van der Waals surface area (Å²) in [6, 6.07) is 7.54. The Hall–Kier alpha value is -1.51. The van der Waals surface area contributed by atoms with Crippen LogP contribution in [0.4, 0.5) is 0 Å². The molecule has 1 saturated carbocycles. The van der Waals surface area contributed by atoms with Crippen LogP contribution < -0.4 is 5.73 Å². The molecule has 1 aliphatic rings. The zero-order valence-corrected chi connectivity index (χ0v) is 7.98. The van der Waals surface area contributed by atoms with Crippen molar-refractivity contribution in [2.24, 2.45) is 10.7 Å². The Kier molecular flexibility index (Phi) is 2.39. The van der Waals surface area contributed by atoms with Gasteiger partial charge in [0.1, 0.15) is 5.75 Å². The first-order valence-electron chi connectivity index (χ1n) is 4.84. The molecule has 0 spiro atoms. The topological polar surface area (TPSA) is 58.6 Å². The summed E-state index contributed by atoms with van der Waals surface area (Å²) < 4.78 is 0. The van der Waals surface area contributed by atoms with E-state index in [0.29, 0.717) is 18.3 Å². The van der Waals surface area contributed by atoms with Crippen molar-refractivity contribution in [2.45, 2.75) is 25.3 Å². The van der Waals surface area contributed by atoms with Crippen LogP contribution in [-0.4, -0.2) is 17.0 Å². The summed E-state index contributed by atoms with van der Waals surface area (Å²) in [5.74, 6) is 0.977. The molecule has 1 fully saturated rings. The number of hydrogen-bond donors (Lipinski definition) is 2. The van der Waals surface area contributed by atoms with Gasteiger partial charge in [-0.05, 0) is 30.5 Å². The smallest absolute Gasteiger partial charge is 0.115 e. The lowest BCUT2D eigenvalue weighted by Crippen LogP contribution is -2.15. The monoisotopic (exact) mass is 190 g/mol. The molecule has 0 unspecified atom stereocenters. The van der Waals surface area contributed by atoms with E-state index in [9.17, 15) is 0 Å². The molecular formula is C11H14N2O. The van der Waals surface area contributed by atoms with Gasteiger partial charge in [0, 0.05) is 6.42 Å². The van der Waals surface area contributed by atoms with Gasteiger partial charge in [0.05, 0.1) is 11.9 Å². The Bertz CT molecular complexity index is 339. The van der Waals surface area contributed by atoms with E-state index < -0.39 is 0 Å². The average Bonchev–Trinajstić information content (AvgIpc) is 2.93. The van der Waals surface area contributed by atoms with Crippen LogP contribution in [0.5, 0.6) is 5.75 Å². The van der Waals surface area contributed by atoms with E-state index in [1.54, 1.807) is 12.1 Å². The molecule has 0 aromatic heterocycles. The quantitative estimate of drug-likeness (QED) is 0.560. The maximum Gasteiger partial charge on any atom is 0.115 e. The second-order valence-corrected chi connectivity index (χ2v) is 3.69. The first-order valence-corrected chi connectivity index (χ1v) is 4.84. The molecule has 1 aromatic carbocycles. The van der Waals surface area contributed by atoms with Crippen LogP contribution in [0.3, 0.4) is 0 Å². The van der Waals surface area contributed by atoms with Gasteiger partial charge in [0.15, 0.2) is 0 Å². The standard InChI is InChI=1S/C11H14N2O/c12-11(13-9-3-4-9)7-8-1-5-10(14)6-2-8/h1-2,5-6,9,14H,3-4,7H2,(H2,12,13). The van der Waals surface area contributed by atoms with Crippen LogP contribution in [0.25, 0.3) is 0 Å². The molecule has 0 amide bonds. The molecule has 14 heavy (non-hydrogen) atoms. The zero-order valence-electron chi connectivity index (χ0n) is 7.98. The number of aromatic hydroxyl groups is 1. The summed E-state index contributed by atoms with van der Waals surface area (Å²) in [6.07, 6.45) is 3.03. The van der Waals surface area contributed by atoms with E-state index in [4.69, 9.17) is 10.8 Å². The van der Waals surface area contributed by atoms with E-state index in [2.05, 4.69) is 4.99 Å². The van der Waals surface area contributed by atoms with Gasteiger partial charge < -0.3 is 10.8 Å². The first-order chi connectivity index (χ1) is 6.74. The molecule has 0 radical (unpaired) electrons. The third-order valence-electron chi connectivity index (χ3n) is 2.22. The van der Waals surface area contributed by atoms with Crippen LogP contribution in [0, 0.1) is 0 Å². The van der Waals surface area contributed by atoms with Gasteiger partial charge in [-0.1, -0.05) is 12.1 Å². The van der Waals surface area contributed by atoms with Crippen molar-refractivity contribution in [1.82, 2.24) is 0 Å². The lowest BCUT2D eigenvalue weighted by atomic mass is 10.1. The highest BCUT2D eigenvalue weighted by Gasteiger charge is 2.20. The van der Waals surface area contributed by atoms with Crippen molar-refractivity contribution in [3.05, 3.63) is 29.8 Å². The van der Waals surface area contributed by atoms with Crippen molar-refractivity contribution < 1.29 is 5.11 Å². The normalized spacial score (nSPS) is 17.0. The molecule has 3 N–H and O–H groups in total. The van der Waals surface area contributed by atoms with Gasteiger partial charge in [-0.2, -0.15) is 0 Å². The summed E-state index contributed by atoms with van der Waals surface area (Å²) in [4.78, 5) is 4.34. The molecule has 0 atom stereocenters. The van der Waals surface area contributed by atoms with Gasteiger partial charge in [-0.25, -0.2) is 0 Å². The first kappa shape index (κ1) is 9.06. The van der Waals surface area contributed by atoms with E-state index in [1.165, 1.54) is 12.8 Å². The van der Waals surface area contributed by atoms with Crippen LogP contribution in [0.1, 0.15) is 18.4 Å². The van der Waals surface area contributed by atoms with Crippen LogP contribution in [-0.2, 0) is 6.42 Å². The minimum absolute atomic E-state index is 0.284. The van der Waals surface area contributed by atoms with Crippen molar-refractivity contribution in [1.29, 1.82) is 0 Å². The van der Waals surface area contributed by atoms with E-state index >= 15 is 0 Å². The highest BCUT2D eigenvalue weighted by atomic mass is 16.3. The van der Waals surface area contributed by atoms with Crippen LogP contribution in [0.15, 0.2) is 29.3 Å². The van der Waals surface area contributed by atoms with E-state index in [-0.39, 0.29) is 5.75 Å². The third-order valence-corrected chi connectivity index (χ3v) is 2.22. The fourth-order valence-corrected chi connectivity index (χ4v) is 1.31. The highest BCUT2D eigenvalue weighted by Crippen LogP contribution is 2.23. The number of amidine groups is 1. The number of phenolic OH excluding ortho intramolecular Hbond substituents is 1. The number of aliphatic imine (C=N–C) groups is 1. The SMILES string of the molecule is NC(Cc1ccc(O)cc1)=NC1CC1. The number of phenols is 1. The minimum atomic E-state index is 0.284. The van der Waals surface area contributed by atoms with E-state index in [1.807, 2.05) is 12.1 Å². The maximum atomic E-state index is 9.08. The second-order valence-electron chi connectivity index (χ2n) is 3.69. The Morgan fingerprint density at radius 2 is 2.00 bits per heavy atom. The van der Waals surface area contributed by atoms with Gasteiger partial charge >= 0.3 is 0 Å². The number of hydrogen-bond acceptors (Lipinski definition) is 2. The summed E-state index contributed by atoms with van der Waals surface area (Å²) in [5, 5.41) is 9.08. The van der Waals surface area contributed by atoms with Crippen molar-refractivity contribution in [3.8, 4) is 5.75 Å². The molecule has 1 aliphatic carbocycles. The fourth-order valence-electron chi connectivity index (χ4n) is 1.31. The lowest BCUT2D eigenvalue weighted by molar-refractivity contribution is 0.475. The van der Waals surface area contributed by atoms with Crippen molar-refractivity contribution in [2.75, 3.05) is 0 Å². The number of nitrogens with zero attached hydrogens (tertiary/aromatic N) is 1. The Morgan fingerprint density at radius 3 is 2.57 bits per heavy atom. The predicted molar refractivity (Wildman–Crippen MR) is 56.5 cm³/mol. The van der Waals surface area contributed by atoms with Gasteiger partial charge in [-0.15, -0.1) is 0 Å². The molecule has 3 nitrogen and oxygen atoms in total. The van der Waals surface area contributed by atoms with Crippen LogP contribution >= 0.6 is 0 Å². The second kappa shape index (κ2) is 3.70. The minimum Gasteiger partial charge on any atom is -0.508 e. The molecule has 1 aromatic rings. The molecule has 0 bridgehead atoms. The molecule has 0 saturated heterocycles. The number of rotatable bonds is 3. The summed E-state index contributed by atoms with van der Waals surface area (Å²) in [7, 11) is 0. The van der Waals surface area contributed by atoms with Crippen molar-refractivity contribution in [3.63, 3.8) is 0 Å². The largest absolute Gasteiger partial charge is 0.508 e. The number of nitrogens with two attached hydrogens (primary N) is 1. The Labute approximate surface area is 83.3 Å². The Morgan fingerprint density at radius 1 is 1.36 bits per heavy atom. The Balaban J connectivity index is 1.99. The van der Waals surface area contributed by atoms with Crippen LogP contribution in [0.2, 0.25) is 0 Å². The molecule has 74 valence electrons. The van der Waals surface area contributed by atoms with Gasteiger partial charge in [0.25, 0.3) is 0 Å². The third kappa shape index (κ3) is 2.49. The molecule has 0 heterocycles. The van der Waals surface area contributed by atoms with Gasteiger partial charge in [0.2, 0.25) is 0 Å². The van der Waals surface area contributed by atoms with E-state index in [0.717, 1.165) is 5.56 Å². The maximum absolute atomic E-state index is 9.08. The average molecular weight is 190 g/mol. The molecule has 0 aliphatic heterocycles.